The molecule has 1 aliphatic heterocycles. The van der Waals surface area contributed by atoms with Gasteiger partial charge >= 0.3 is 0 Å². The fraction of sp³-hybridized carbons (Fsp3) is 0.467. The van der Waals surface area contributed by atoms with Crippen molar-refractivity contribution in [3.63, 3.8) is 0 Å². The summed E-state index contributed by atoms with van der Waals surface area (Å²) in [5.41, 5.74) is 1.19. The summed E-state index contributed by atoms with van der Waals surface area (Å²) >= 11 is 0. The van der Waals surface area contributed by atoms with Crippen molar-refractivity contribution < 1.29 is 9.59 Å². The van der Waals surface area contributed by atoms with Gasteiger partial charge < -0.3 is 10.6 Å². The fourth-order valence-corrected chi connectivity index (χ4v) is 2.93. The molecule has 3 heterocycles. The van der Waals surface area contributed by atoms with E-state index in [9.17, 15) is 19.2 Å². The van der Waals surface area contributed by atoms with Crippen molar-refractivity contribution in [2.75, 3.05) is 0 Å². The number of rotatable bonds is 0. The molecule has 3 rings (SSSR count). The highest BCUT2D eigenvalue weighted by Crippen LogP contribution is 2.12. The molecule has 0 saturated heterocycles. The van der Waals surface area contributed by atoms with Crippen LogP contribution in [-0.4, -0.2) is 20.8 Å². The Morgan fingerprint density at radius 1 is 0.739 bits per heavy atom. The van der Waals surface area contributed by atoms with Crippen LogP contribution in [0.3, 0.4) is 0 Å². The molecule has 23 heavy (non-hydrogen) atoms. The van der Waals surface area contributed by atoms with Gasteiger partial charge in [0.1, 0.15) is 0 Å². The van der Waals surface area contributed by atoms with Gasteiger partial charge in [0.2, 0.25) is 11.8 Å². The maximum atomic E-state index is 12.3. The minimum Gasteiger partial charge on any atom is -0.350 e. The van der Waals surface area contributed by atoms with E-state index in [1.165, 1.54) is 4.52 Å². The van der Waals surface area contributed by atoms with Crippen LogP contribution in [0.5, 0.6) is 0 Å². The molecule has 0 radical (unpaired) electrons. The van der Waals surface area contributed by atoms with E-state index in [-0.39, 0.29) is 37.7 Å². The predicted octanol–water partition coefficient (Wildman–Crippen LogP) is -0.770. The normalized spacial score (nSPS) is 16.6. The van der Waals surface area contributed by atoms with Gasteiger partial charge in [-0.3, -0.25) is 19.2 Å². The van der Waals surface area contributed by atoms with Crippen LogP contribution in [0, 0.1) is 13.8 Å². The second-order valence-corrected chi connectivity index (χ2v) is 5.78. The Morgan fingerprint density at radius 2 is 1.17 bits per heavy atom. The molecule has 1 aliphatic rings. The minimum atomic E-state index is -0.394. The van der Waals surface area contributed by atoms with Gasteiger partial charge in [-0.2, -0.15) is 4.52 Å². The van der Waals surface area contributed by atoms with Crippen LogP contribution in [0.1, 0.15) is 41.8 Å². The molecule has 0 aliphatic carbocycles. The summed E-state index contributed by atoms with van der Waals surface area (Å²) in [5.74, 6) is -0.366. The third-order valence-corrected chi connectivity index (χ3v) is 4.32. The molecule has 2 aromatic rings. The molecule has 2 aromatic heterocycles. The summed E-state index contributed by atoms with van der Waals surface area (Å²) in [5, 5.41) is 5.51. The molecular weight excluding hydrogens is 300 g/mol. The SMILES string of the molecule is Cc1c2n3c(c(C)c(=O)n3c1=O)CNC(=O)CCCC(=O)NC2. The molecule has 0 aromatic carbocycles. The Hall–Kier alpha value is -2.64. The van der Waals surface area contributed by atoms with Crippen molar-refractivity contribution >= 4 is 11.8 Å². The maximum absolute atomic E-state index is 12.3. The Bertz CT molecular complexity index is 839. The Kier molecular flexibility index (Phi) is 3.67. The fourth-order valence-electron chi connectivity index (χ4n) is 2.93. The third kappa shape index (κ3) is 2.39. The van der Waals surface area contributed by atoms with Crippen LogP contribution >= 0.6 is 0 Å². The molecule has 0 fully saturated rings. The van der Waals surface area contributed by atoms with E-state index in [4.69, 9.17) is 0 Å². The number of nitrogens with zero attached hydrogens (tertiary/aromatic N) is 2. The summed E-state index contributed by atoms with van der Waals surface area (Å²) < 4.78 is 2.59. The monoisotopic (exact) mass is 318 g/mol. The molecule has 0 spiro atoms. The first kappa shape index (κ1) is 15.3. The summed E-state index contributed by atoms with van der Waals surface area (Å²) in [6, 6.07) is 0. The molecule has 122 valence electrons. The number of nitrogens with one attached hydrogen (secondary N) is 2. The Labute approximate surface area is 131 Å². The van der Waals surface area contributed by atoms with E-state index < -0.39 is 11.1 Å². The molecule has 0 unspecified atom stereocenters. The molecule has 0 saturated carbocycles. The predicted molar refractivity (Wildman–Crippen MR) is 81.6 cm³/mol. The zero-order chi connectivity index (χ0) is 16.7. The topological polar surface area (TPSA) is 101 Å². The first-order valence-corrected chi connectivity index (χ1v) is 7.53. The van der Waals surface area contributed by atoms with E-state index in [0.717, 1.165) is 4.52 Å². The highest BCUT2D eigenvalue weighted by Gasteiger charge is 2.23. The number of aromatic nitrogens is 2. The Balaban J connectivity index is 2.22. The first-order chi connectivity index (χ1) is 10.9. The average molecular weight is 318 g/mol. The molecule has 0 atom stereocenters. The van der Waals surface area contributed by atoms with Gasteiger partial charge in [-0.15, -0.1) is 0 Å². The van der Waals surface area contributed by atoms with Crippen molar-refractivity contribution in [1.29, 1.82) is 0 Å². The van der Waals surface area contributed by atoms with E-state index in [1.54, 1.807) is 13.8 Å². The lowest BCUT2D eigenvalue weighted by Gasteiger charge is -2.11. The molecule has 8 nitrogen and oxygen atoms in total. The molecule has 8 heteroatoms. The summed E-state index contributed by atoms with van der Waals surface area (Å²) in [7, 11) is 0. The van der Waals surface area contributed by atoms with E-state index in [2.05, 4.69) is 10.6 Å². The summed E-state index contributed by atoms with van der Waals surface area (Å²) in [6.45, 7) is 3.61. The number of carbonyl (C=O) groups is 2. The highest BCUT2D eigenvalue weighted by molar-refractivity contribution is 5.78. The maximum Gasteiger partial charge on any atom is 0.277 e. The first-order valence-electron chi connectivity index (χ1n) is 7.53. The second-order valence-electron chi connectivity index (χ2n) is 5.78. The summed E-state index contributed by atoms with van der Waals surface area (Å²) in [4.78, 5) is 48.3. The molecular formula is C15H18N4O4. The van der Waals surface area contributed by atoms with Gasteiger partial charge in [-0.05, 0) is 20.3 Å². The molecule has 0 bridgehead atoms. The van der Waals surface area contributed by atoms with Crippen molar-refractivity contribution in [3.8, 4) is 0 Å². The van der Waals surface area contributed by atoms with E-state index in [0.29, 0.717) is 28.9 Å². The highest BCUT2D eigenvalue weighted by atomic mass is 16.2. The smallest absolute Gasteiger partial charge is 0.277 e. The van der Waals surface area contributed by atoms with Crippen LogP contribution in [0.25, 0.3) is 0 Å². The Morgan fingerprint density at radius 3 is 1.61 bits per heavy atom. The lowest BCUT2D eigenvalue weighted by Crippen LogP contribution is -2.28. The quantitative estimate of drug-likeness (QED) is 0.666. The largest absolute Gasteiger partial charge is 0.350 e. The van der Waals surface area contributed by atoms with Gasteiger partial charge in [0, 0.05) is 24.0 Å². The van der Waals surface area contributed by atoms with Crippen LogP contribution in [-0.2, 0) is 22.7 Å². The second kappa shape index (κ2) is 5.53. The number of amides is 2. The van der Waals surface area contributed by atoms with Crippen LogP contribution in [0.15, 0.2) is 9.59 Å². The van der Waals surface area contributed by atoms with E-state index >= 15 is 0 Å². The lowest BCUT2D eigenvalue weighted by molar-refractivity contribution is -0.122. The number of carbonyl (C=O) groups excluding carboxylic acids is 2. The van der Waals surface area contributed by atoms with E-state index in [1.807, 2.05) is 0 Å². The summed E-state index contributed by atoms with van der Waals surface area (Å²) in [6.07, 6.45) is 0.956. The average Bonchev–Trinajstić information content (AvgIpc) is 2.89. The number of hydrogen-bond acceptors (Lipinski definition) is 4. The van der Waals surface area contributed by atoms with Crippen LogP contribution in [0.2, 0.25) is 0 Å². The number of hydrogen-bond donors (Lipinski definition) is 2. The zero-order valence-electron chi connectivity index (χ0n) is 13.1. The third-order valence-electron chi connectivity index (χ3n) is 4.32. The lowest BCUT2D eigenvalue weighted by atomic mass is 10.2. The van der Waals surface area contributed by atoms with Gasteiger partial charge in [-0.25, -0.2) is 4.52 Å². The van der Waals surface area contributed by atoms with Crippen LogP contribution in [0.4, 0.5) is 0 Å². The van der Waals surface area contributed by atoms with Gasteiger partial charge in [0.05, 0.1) is 24.5 Å². The van der Waals surface area contributed by atoms with Gasteiger partial charge in [0.25, 0.3) is 11.1 Å². The van der Waals surface area contributed by atoms with Crippen LogP contribution < -0.4 is 21.8 Å². The van der Waals surface area contributed by atoms with Gasteiger partial charge in [0.15, 0.2) is 0 Å². The van der Waals surface area contributed by atoms with Gasteiger partial charge in [-0.1, -0.05) is 0 Å². The van der Waals surface area contributed by atoms with Crippen molar-refractivity contribution in [2.45, 2.75) is 46.2 Å². The van der Waals surface area contributed by atoms with Crippen molar-refractivity contribution in [1.82, 2.24) is 19.7 Å². The molecule has 2 N–H and O–H groups in total. The minimum absolute atomic E-state index is 0.172. The molecule has 2 amide bonds. The van der Waals surface area contributed by atoms with Crippen molar-refractivity contribution in [2.24, 2.45) is 0 Å². The standard InChI is InChI=1S/C15H18N4O4/c1-8-10-6-16-12(20)4-3-5-13(21)17-7-11-9(2)15(23)19(14(8)22)18(10)11/h3-7H2,1-2H3,(H,16,20)(H,17,21). The van der Waals surface area contributed by atoms with Crippen molar-refractivity contribution in [3.05, 3.63) is 43.2 Å². The zero-order valence-corrected chi connectivity index (χ0v) is 13.1.